The van der Waals surface area contributed by atoms with E-state index in [9.17, 15) is 19.8 Å². The summed E-state index contributed by atoms with van der Waals surface area (Å²) in [4.78, 5) is 29.0. The Morgan fingerprint density at radius 2 is 1.62 bits per heavy atom. The van der Waals surface area contributed by atoms with Crippen molar-refractivity contribution in [3.8, 4) is 0 Å². The number of nitrogens with zero attached hydrogens (tertiary/aromatic N) is 2. The topological polar surface area (TPSA) is 118 Å². The molecule has 8 unspecified atom stereocenters. The molecule has 13 atom stereocenters. The molecule has 48 heavy (non-hydrogen) atoms. The van der Waals surface area contributed by atoms with Crippen LogP contribution in [0.3, 0.4) is 0 Å². The summed E-state index contributed by atoms with van der Waals surface area (Å²) in [6, 6.07) is 0. The first-order chi connectivity index (χ1) is 22.3. The lowest BCUT2D eigenvalue weighted by Gasteiger charge is -2.63. The molecule has 2 saturated heterocycles. The number of ether oxygens (including phenoxy) is 4. The first kappa shape index (κ1) is 34.8. The van der Waals surface area contributed by atoms with Crippen molar-refractivity contribution in [3.63, 3.8) is 0 Å². The summed E-state index contributed by atoms with van der Waals surface area (Å²) in [6.07, 6.45) is 5.01. The molecule has 7 rings (SSSR count). The number of morpholine rings is 1. The summed E-state index contributed by atoms with van der Waals surface area (Å²) in [6.45, 7) is 17.4. The SMILES string of the molecule is C[C@@H]1CC(C(OC(=O)N(C)C)C(C)(C)O)OC2[C@H]1C1(C)CCC34CC35CCC(OC(=O)N3CCOCC3)C(C)(C)[C@@H]5CCC4[C@]1(C)[C@H]2O. The summed E-state index contributed by atoms with van der Waals surface area (Å²) in [5.41, 5.74) is -1.45. The van der Waals surface area contributed by atoms with E-state index in [1.165, 1.54) is 17.7 Å². The molecule has 7 fully saturated rings. The van der Waals surface area contributed by atoms with Crippen LogP contribution in [0.15, 0.2) is 0 Å². The van der Waals surface area contributed by atoms with Gasteiger partial charge in [0.15, 0.2) is 6.10 Å². The fourth-order valence-electron chi connectivity index (χ4n) is 13.5. The number of fused-ring (bicyclic) bond motifs is 4. The van der Waals surface area contributed by atoms with Crippen molar-refractivity contribution in [2.45, 2.75) is 136 Å². The van der Waals surface area contributed by atoms with E-state index < -0.39 is 30.0 Å². The van der Waals surface area contributed by atoms with E-state index in [4.69, 9.17) is 18.9 Å². The van der Waals surface area contributed by atoms with Crippen LogP contribution in [0.5, 0.6) is 0 Å². The van der Waals surface area contributed by atoms with E-state index in [2.05, 4.69) is 34.6 Å². The lowest BCUT2D eigenvalue weighted by Crippen LogP contribution is -2.60. The van der Waals surface area contributed by atoms with Crippen LogP contribution in [0.1, 0.15) is 99.8 Å². The van der Waals surface area contributed by atoms with E-state index in [1.807, 2.05) is 0 Å². The molecule has 0 aromatic rings. The van der Waals surface area contributed by atoms with Crippen LogP contribution in [-0.2, 0) is 18.9 Å². The normalized spacial score (nSPS) is 48.1. The fourth-order valence-corrected chi connectivity index (χ4v) is 13.5. The third kappa shape index (κ3) is 4.62. The van der Waals surface area contributed by atoms with Gasteiger partial charge in [-0.3, -0.25) is 0 Å². The van der Waals surface area contributed by atoms with Crippen molar-refractivity contribution in [1.82, 2.24) is 9.80 Å². The first-order valence-corrected chi connectivity index (χ1v) is 18.8. The molecule has 2 heterocycles. The first-order valence-electron chi connectivity index (χ1n) is 18.8. The number of carbonyl (C=O) groups excluding carboxylic acids is 2. The Morgan fingerprint density at radius 1 is 0.979 bits per heavy atom. The smallest absolute Gasteiger partial charge is 0.410 e. The zero-order valence-electron chi connectivity index (χ0n) is 30.9. The minimum atomic E-state index is -1.31. The van der Waals surface area contributed by atoms with Crippen LogP contribution >= 0.6 is 0 Å². The number of aliphatic hydroxyl groups is 2. The molecule has 0 aromatic carbocycles. The average molecular weight is 675 g/mol. The molecule has 2 amide bonds. The molecule has 7 aliphatic rings. The van der Waals surface area contributed by atoms with Gasteiger partial charge in [-0.05, 0) is 105 Å². The van der Waals surface area contributed by atoms with Crippen LogP contribution in [0, 0.1) is 50.7 Å². The van der Waals surface area contributed by atoms with Crippen molar-refractivity contribution in [2.75, 3.05) is 40.4 Å². The second-order valence-corrected chi connectivity index (χ2v) is 18.9. The van der Waals surface area contributed by atoms with Gasteiger partial charge >= 0.3 is 12.2 Å². The maximum Gasteiger partial charge on any atom is 0.410 e. The maximum absolute atomic E-state index is 13.2. The van der Waals surface area contributed by atoms with Crippen LogP contribution in [-0.4, -0.2) is 109 Å². The van der Waals surface area contributed by atoms with Gasteiger partial charge in [-0.15, -0.1) is 0 Å². The Labute approximate surface area is 287 Å². The molecule has 0 bridgehead atoms. The Kier molecular flexibility index (Phi) is 8.11. The van der Waals surface area contributed by atoms with Gasteiger partial charge in [0.2, 0.25) is 0 Å². The van der Waals surface area contributed by atoms with E-state index in [1.54, 1.807) is 32.8 Å². The number of hydrogen-bond acceptors (Lipinski definition) is 8. The zero-order chi connectivity index (χ0) is 34.8. The van der Waals surface area contributed by atoms with Crippen molar-refractivity contribution in [1.29, 1.82) is 0 Å². The quantitative estimate of drug-likeness (QED) is 0.403. The monoisotopic (exact) mass is 674 g/mol. The largest absolute Gasteiger partial charge is 0.446 e. The molecule has 0 aromatic heterocycles. The number of hydrogen-bond donors (Lipinski definition) is 2. The highest BCUT2D eigenvalue weighted by Gasteiger charge is 2.85. The Bertz CT molecular complexity index is 1290. The molecule has 272 valence electrons. The highest BCUT2D eigenvalue weighted by atomic mass is 16.6. The number of amides is 2. The Balaban J connectivity index is 1.13. The van der Waals surface area contributed by atoms with Crippen LogP contribution in [0.4, 0.5) is 9.59 Å². The number of aliphatic hydroxyl groups excluding tert-OH is 1. The second-order valence-electron chi connectivity index (χ2n) is 18.9. The highest BCUT2D eigenvalue weighted by molar-refractivity contribution is 5.68. The van der Waals surface area contributed by atoms with Gasteiger partial charge in [0.25, 0.3) is 0 Å². The number of carbonyl (C=O) groups is 2. The Morgan fingerprint density at radius 3 is 2.27 bits per heavy atom. The Hall–Kier alpha value is -1.62. The van der Waals surface area contributed by atoms with Gasteiger partial charge < -0.3 is 39.0 Å². The maximum atomic E-state index is 13.2. The molecule has 5 aliphatic carbocycles. The minimum absolute atomic E-state index is 0.0983. The molecule has 2 aliphatic heterocycles. The molecule has 2 spiro atoms. The van der Waals surface area contributed by atoms with E-state index >= 15 is 0 Å². The molecular weight excluding hydrogens is 612 g/mol. The fraction of sp³-hybridized carbons (Fsp3) is 0.947. The summed E-state index contributed by atoms with van der Waals surface area (Å²) in [5.74, 6) is 1.27. The molecule has 0 radical (unpaired) electrons. The third-order valence-electron chi connectivity index (χ3n) is 15.9. The van der Waals surface area contributed by atoms with Gasteiger partial charge in [-0.25, -0.2) is 9.59 Å². The molecule has 2 N–H and O–H groups in total. The van der Waals surface area contributed by atoms with Gasteiger partial charge in [0.1, 0.15) is 6.10 Å². The van der Waals surface area contributed by atoms with Crippen molar-refractivity contribution in [2.24, 2.45) is 50.7 Å². The predicted octanol–water partition coefficient (Wildman–Crippen LogP) is 5.47. The lowest BCUT2D eigenvalue weighted by molar-refractivity contribution is -0.203. The standard InChI is InChI=1S/C38H62N2O8/c1-22-20-23(30(34(4,5)44)48-31(42)39(8)9)46-28-27(22)35(6)14-15-38-21-37(38)13-12-26(47-32(43)40-16-18-45-19-17-40)33(2,3)24(37)10-11-25(38)36(35,7)29(28)41/h22-30,41,44H,10-21H2,1-9H3/t22-,23?,24+,25?,26?,27+,28?,29+,30?,35?,36-,37?,38?/m1/s1. The summed E-state index contributed by atoms with van der Waals surface area (Å²) in [5, 5.41) is 23.8. The predicted molar refractivity (Wildman–Crippen MR) is 179 cm³/mol. The van der Waals surface area contributed by atoms with Crippen molar-refractivity contribution in [3.05, 3.63) is 0 Å². The second kappa shape index (κ2) is 11.2. The van der Waals surface area contributed by atoms with Gasteiger partial charge in [-0.2, -0.15) is 0 Å². The third-order valence-corrected chi connectivity index (χ3v) is 15.9. The minimum Gasteiger partial charge on any atom is -0.446 e. The zero-order valence-corrected chi connectivity index (χ0v) is 30.9. The summed E-state index contributed by atoms with van der Waals surface area (Å²) < 4.78 is 24.5. The van der Waals surface area contributed by atoms with Gasteiger partial charge in [-0.1, -0.05) is 34.6 Å². The van der Waals surface area contributed by atoms with Gasteiger partial charge in [0, 0.05) is 38.0 Å². The molecule has 5 saturated carbocycles. The molecule has 10 nitrogen and oxygen atoms in total. The highest BCUT2D eigenvalue weighted by Crippen LogP contribution is 2.89. The van der Waals surface area contributed by atoms with E-state index in [-0.39, 0.29) is 57.2 Å². The van der Waals surface area contributed by atoms with Crippen molar-refractivity contribution < 1.29 is 38.7 Å². The van der Waals surface area contributed by atoms with Crippen LogP contribution in [0.25, 0.3) is 0 Å². The summed E-state index contributed by atoms with van der Waals surface area (Å²) >= 11 is 0. The van der Waals surface area contributed by atoms with Crippen molar-refractivity contribution >= 4 is 12.2 Å². The van der Waals surface area contributed by atoms with E-state index in [0.717, 1.165) is 32.1 Å². The number of rotatable bonds is 4. The molecular formula is C38H62N2O8. The lowest BCUT2D eigenvalue weighted by atomic mass is 9.41. The average Bonchev–Trinajstić information content (AvgIpc) is 3.65. The molecule has 10 heteroatoms. The van der Waals surface area contributed by atoms with Crippen LogP contribution in [0.2, 0.25) is 0 Å². The van der Waals surface area contributed by atoms with E-state index in [0.29, 0.717) is 44.6 Å². The van der Waals surface area contributed by atoms with Crippen LogP contribution < -0.4 is 0 Å². The van der Waals surface area contributed by atoms with Gasteiger partial charge in [0.05, 0.1) is 37.1 Å². The summed E-state index contributed by atoms with van der Waals surface area (Å²) in [7, 11) is 3.27.